The normalized spacial score (nSPS) is 25.8. The summed E-state index contributed by atoms with van der Waals surface area (Å²) in [5.74, 6) is 1.99. The molecule has 0 amide bonds. The highest BCUT2D eigenvalue weighted by Gasteiger charge is 2.42. The molecular weight excluding hydrogens is 248 g/mol. The Kier molecular flexibility index (Phi) is 4.17. The van der Waals surface area contributed by atoms with Crippen molar-refractivity contribution in [3.8, 4) is 12.3 Å². The van der Waals surface area contributed by atoms with E-state index in [9.17, 15) is 4.79 Å². The van der Waals surface area contributed by atoms with Crippen LogP contribution in [0.3, 0.4) is 0 Å². The monoisotopic (exact) mass is 262 g/mol. The predicted octanol–water partition coefficient (Wildman–Crippen LogP) is 1.23. The molecule has 0 aromatic heterocycles. The lowest BCUT2D eigenvalue weighted by Crippen LogP contribution is -2.33. The van der Waals surface area contributed by atoms with E-state index in [1.54, 1.807) is 24.3 Å². The van der Waals surface area contributed by atoms with Crippen LogP contribution in [0.15, 0.2) is 24.3 Å². The Morgan fingerprint density at radius 1 is 1.26 bits per heavy atom. The van der Waals surface area contributed by atoms with E-state index in [-0.39, 0.29) is 0 Å². The van der Waals surface area contributed by atoms with Gasteiger partial charge in [-0.3, -0.25) is 0 Å². The summed E-state index contributed by atoms with van der Waals surface area (Å²) < 4.78 is 20.7. The molecular formula is C14H14O5. The van der Waals surface area contributed by atoms with E-state index in [2.05, 4.69) is 10.7 Å². The smallest absolute Gasteiger partial charge is 0.340 e. The van der Waals surface area contributed by atoms with E-state index < -0.39 is 24.7 Å². The van der Waals surface area contributed by atoms with Gasteiger partial charge in [-0.25, -0.2) is 4.79 Å². The van der Waals surface area contributed by atoms with Gasteiger partial charge in [-0.2, -0.15) is 0 Å². The topological polar surface area (TPSA) is 54.0 Å². The summed E-state index contributed by atoms with van der Waals surface area (Å²) in [5.41, 5.74) is 1.52. The second kappa shape index (κ2) is 5.85. The number of carbonyl (C=O) groups is 1. The van der Waals surface area contributed by atoms with Crippen LogP contribution in [0.2, 0.25) is 0 Å². The first-order valence-corrected chi connectivity index (χ1v) is 5.67. The Hall–Kier alpha value is -1.87. The van der Waals surface area contributed by atoms with Crippen molar-refractivity contribution in [2.75, 3.05) is 14.2 Å². The lowest BCUT2D eigenvalue weighted by molar-refractivity contribution is -0.160. The van der Waals surface area contributed by atoms with E-state index in [0.717, 1.165) is 11.1 Å². The van der Waals surface area contributed by atoms with Gasteiger partial charge in [0.2, 0.25) is 6.10 Å². The van der Waals surface area contributed by atoms with Crippen molar-refractivity contribution in [3.63, 3.8) is 0 Å². The molecule has 2 rings (SSSR count). The summed E-state index contributed by atoms with van der Waals surface area (Å²) in [4.78, 5) is 11.5. The van der Waals surface area contributed by atoms with Gasteiger partial charge in [0.05, 0.1) is 7.11 Å². The van der Waals surface area contributed by atoms with Crippen LogP contribution in [0.1, 0.15) is 17.4 Å². The number of carbonyl (C=O) groups excluding carboxylic acids is 1. The van der Waals surface area contributed by atoms with Gasteiger partial charge in [0.25, 0.3) is 0 Å². The van der Waals surface area contributed by atoms with Crippen LogP contribution >= 0.6 is 0 Å². The second-order valence-corrected chi connectivity index (χ2v) is 3.92. The van der Waals surface area contributed by atoms with Crippen molar-refractivity contribution in [1.29, 1.82) is 0 Å². The quantitative estimate of drug-likeness (QED) is 0.605. The third-order valence-electron chi connectivity index (χ3n) is 2.79. The Labute approximate surface area is 111 Å². The molecule has 1 fully saturated rings. The van der Waals surface area contributed by atoms with Crippen LogP contribution in [0, 0.1) is 12.3 Å². The molecule has 5 nitrogen and oxygen atoms in total. The highest BCUT2D eigenvalue weighted by molar-refractivity contribution is 5.75. The summed E-state index contributed by atoms with van der Waals surface area (Å²) in [7, 11) is 2.72. The van der Waals surface area contributed by atoms with Gasteiger partial charge in [-0.15, -0.1) is 6.42 Å². The Morgan fingerprint density at radius 3 is 2.47 bits per heavy atom. The Balaban J connectivity index is 2.14. The molecule has 1 unspecified atom stereocenters. The van der Waals surface area contributed by atoms with Gasteiger partial charge in [-0.1, -0.05) is 18.1 Å². The number of terminal acetylenes is 1. The fourth-order valence-electron chi connectivity index (χ4n) is 1.78. The first-order chi connectivity index (χ1) is 9.19. The molecule has 5 heteroatoms. The fourth-order valence-corrected chi connectivity index (χ4v) is 1.78. The van der Waals surface area contributed by atoms with Crippen molar-refractivity contribution in [1.82, 2.24) is 0 Å². The molecule has 1 heterocycles. The Bertz CT molecular complexity index is 488. The lowest BCUT2D eigenvalue weighted by Gasteiger charge is -2.11. The zero-order valence-electron chi connectivity index (χ0n) is 10.7. The summed E-state index contributed by atoms with van der Waals surface area (Å²) >= 11 is 0. The largest absolute Gasteiger partial charge is 0.467 e. The maximum absolute atomic E-state index is 11.5. The van der Waals surface area contributed by atoms with E-state index in [1.807, 2.05) is 0 Å². The molecule has 1 aromatic carbocycles. The molecule has 0 spiro atoms. The van der Waals surface area contributed by atoms with Gasteiger partial charge in [-0.05, 0) is 12.1 Å². The van der Waals surface area contributed by atoms with Gasteiger partial charge in [0, 0.05) is 18.2 Å². The number of ether oxygens (including phenoxy) is 4. The lowest BCUT2D eigenvalue weighted by atomic mass is 10.1. The van der Waals surface area contributed by atoms with E-state index >= 15 is 0 Å². The highest BCUT2D eigenvalue weighted by Crippen LogP contribution is 2.32. The predicted molar refractivity (Wildman–Crippen MR) is 65.9 cm³/mol. The standard InChI is InChI=1S/C14H14O5/c1-4-9-5-7-10(8-6-9)13-18-11(12(15)16-2)14(17-3)19-13/h1,5-8,11,13-14H,2-3H3/t11-,13?,14+/m0/s1. The van der Waals surface area contributed by atoms with Gasteiger partial charge in [0.1, 0.15) is 0 Å². The zero-order valence-corrected chi connectivity index (χ0v) is 10.7. The molecule has 1 aromatic rings. The van der Waals surface area contributed by atoms with Crippen molar-refractivity contribution in [3.05, 3.63) is 35.4 Å². The highest BCUT2D eigenvalue weighted by atomic mass is 16.8. The molecule has 1 aliphatic rings. The average molecular weight is 262 g/mol. The van der Waals surface area contributed by atoms with Crippen LogP contribution in [-0.4, -0.2) is 32.6 Å². The first kappa shape index (κ1) is 13.6. The van der Waals surface area contributed by atoms with Crippen LogP contribution < -0.4 is 0 Å². The van der Waals surface area contributed by atoms with Crippen LogP contribution in [0.4, 0.5) is 0 Å². The summed E-state index contributed by atoms with van der Waals surface area (Å²) in [6.45, 7) is 0. The molecule has 0 N–H and O–H groups in total. The molecule has 0 radical (unpaired) electrons. The minimum atomic E-state index is -0.896. The maximum atomic E-state index is 11.5. The number of hydrogen-bond donors (Lipinski definition) is 0. The van der Waals surface area contributed by atoms with Crippen molar-refractivity contribution >= 4 is 5.97 Å². The average Bonchev–Trinajstić information content (AvgIpc) is 2.90. The van der Waals surface area contributed by atoms with E-state index in [0.29, 0.717) is 0 Å². The van der Waals surface area contributed by atoms with E-state index in [1.165, 1.54) is 14.2 Å². The number of methoxy groups -OCH3 is 2. The zero-order chi connectivity index (χ0) is 13.8. The van der Waals surface area contributed by atoms with E-state index in [4.69, 9.17) is 20.6 Å². The Morgan fingerprint density at radius 2 is 1.95 bits per heavy atom. The van der Waals surface area contributed by atoms with Gasteiger partial charge in [0.15, 0.2) is 12.6 Å². The van der Waals surface area contributed by atoms with Crippen LogP contribution in [0.5, 0.6) is 0 Å². The SMILES string of the molecule is C#Cc1ccc(C2O[C@@H](OC)[C@H](C(=O)OC)O2)cc1. The van der Waals surface area contributed by atoms with Crippen LogP contribution in [-0.2, 0) is 23.7 Å². The minimum Gasteiger partial charge on any atom is -0.467 e. The van der Waals surface area contributed by atoms with Crippen LogP contribution in [0.25, 0.3) is 0 Å². The number of hydrogen-bond acceptors (Lipinski definition) is 5. The van der Waals surface area contributed by atoms with Gasteiger partial charge < -0.3 is 18.9 Å². The fraction of sp³-hybridized carbons (Fsp3) is 0.357. The molecule has 19 heavy (non-hydrogen) atoms. The molecule has 0 aliphatic carbocycles. The molecule has 1 saturated heterocycles. The number of rotatable bonds is 3. The first-order valence-electron chi connectivity index (χ1n) is 5.67. The molecule has 100 valence electrons. The summed E-state index contributed by atoms with van der Waals surface area (Å²) in [6, 6.07) is 7.11. The molecule has 1 aliphatic heterocycles. The molecule has 0 bridgehead atoms. The maximum Gasteiger partial charge on any atom is 0.340 e. The third-order valence-corrected chi connectivity index (χ3v) is 2.79. The summed E-state index contributed by atoms with van der Waals surface area (Å²) in [5, 5.41) is 0. The summed E-state index contributed by atoms with van der Waals surface area (Å²) in [6.07, 6.45) is 2.92. The minimum absolute atomic E-state index is 0.533. The van der Waals surface area contributed by atoms with Crippen molar-refractivity contribution in [2.45, 2.75) is 18.7 Å². The second-order valence-electron chi connectivity index (χ2n) is 3.92. The molecule has 3 atom stereocenters. The van der Waals surface area contributed by atoms with Crippen molar-refractivity contribution in [2.24, 2.45) is 0 Å². The van der Waals surface area contributed by atoms with Crippen molar-refractivity contribution < 1.29 is 23.7 Å². The number of benzene rings is 1. The third kappa shape index (κ3) is 2.76. The van der Waals surface area contributed by atoms with Gasteiger partial charge >= 0.3 is 5.97 Å². The number of esters is 1. The molecule has 0 saturated carbocycles.